The summed E-state index contributed by atoms with van der Waals surface area (Å²) in [4.78, 5) is 10.2. The van der Waals surface area contributed by atoms with Crippen LogP contribution < -0.4 is 5.32 Å². The van der Waals surface area contributed by atoms with E-state index in [1.165, 1.54) is 5.56 Å². The van der Waals surface area contributed by atoms with Gasteiger partial charge in [0.15, 0.2) is 6.17 Å². The highest BCUT2D eigenvalue weighted by molar-refractivity contribution is 6.21. The molecule has 0 saturated carbocycles. The van der Waals surface area contributed by atoms with Crippen molar-refractivity contribution in [3.05, 3.63) is 156 Å². The van der Waals surface area contributed by atoms with E-state index in [1.807, 2.05) is 42.5 Å². The van der Waals surface area contributed by atoms with Gasteiger partial charge >= 0.3 is 0 Å². The maximum Gasteiger partial charge on any atom is 0.169 e. The summed E-state index contributed by atoms with van der Waals surface area (Å²) in [6.07, 6.45) is -0.469. The number of fused-ring (bicyclic) bond motifs is 6. The molecule has 0 amide bonds. The number of para-hydroxylation sites is 2. The largest absolute Gasteiger partial charge is 0.456 e. The minimum atomic E-state index is -0.469. The van der Waals surface area contributed by atoms with Crippen LogP contribution in [0.25, 0.3) is 55.0 Å². The number of aliphatic imine (C=N–C) groups is 2. The molecule has 0 radical (unpaired) electrons. The van der Waals surface area contributed by atoms with Gasteiger partial charge in [-0.05, 0) is 41.5 Å². The zero-order valence-corrected chi connectivity index (χ0v) is 23.6. The fourth-order valence-corrected chi connectivity index (χ4v) is 6.18. The van der Waals surface area contributed by atoms with Gasteiger partial charge in [-0.15, -0.1) is 0 Å². The Bertz CT molecular complexity index is 2420. The lowest BCUT2D eigenvalue weighted by atomic mass is 10.0. The van der Waals surface area contributed by atoms with Crippen molar-refractivity contribution in [1.29, 1.82) is 0 Å². The van der Waals surface area contributed by atoms with Crippen LogP contribution in [0, 0.1) is 0 Å². The van der Waals surface area contributed by atoms with Gasteiger partial charge in [-0.3, -0.25) is 0 Å². The molecule has 1 aliphatic heterocycles. The van der Waals surface area contributed by atoms with E-state index in [0.717, 1.165) is 72.0 Å². The Morgan fingerprint density at radius 2 is 1.16 bits per heavy atom. The predicted octanol–water partition coefficient (Wildman–Crippen LogP) is 9.65. The topological polar surface area (TPSA) is 63.0 Å². The second-order valence-corrected chi connectivity index (χ2v) is 11.0. The molecule has 3 heterocycles. The molecule has 1 atom stereocenters. The molecule has 208 valence electrons. The number of nitrogens with one attached hydrogen (secondary N) is 1. The van der Waals surface area contributed by atoms with E-state index >= 15 is 0 Å². The number of furan rings is 2. The van der Waals surface area contributed by atoms with Crippen molar-refractivity contribution in [3.8, 4) is 11.1 Å². The molecule has 9 rings (SSSR count). The minimum Gasteiger partial charge on any atom is -0.456 e. The summed E-state index contributed by atoms with van der Waals surface area (Å²) in [5, 5.41) is 7.83. The second-order valence-electron chi connectivity index (χ2n) is 11.0. The summed E-state index contributed by atoms with van der Waals surface area (Å²) in [5.41, 5.74) is 8.47. The van der Waals surface area contributed by atoms with Gasteiger partial charge in [0, 0.05) is 32.7 Å². The van der Waals surface area contributed by atoms with Crippen LogP contribution in [0.15, 0.2) is 158 Å². The molecule has 5 nitrogen and oxygen atoms in total. The minimum absolute atomic E-state index is 0.469. The third kappa shape index (κ3) is 4.02. The molecule has 0 spiro atoms. The van der Waals surface area contributed by atoms with Crippen LogP contribution in [-0.2, 0) is 0 Å². The second kappa shape index (κ2) is 9.82. The third-order valence-corrected chi connectivity index (χ3v) is 8.35. The van der Waals surface area contributed by atoms with Crippen LogP contribution >= 0.6 is 0 Å². The van der Waals surface area contributed by atoms with Crippen molar-refractivity contribution in [1.82, 2.24) is 5.32 Å². The number of amidine groups is 2. The van der Waals surface area contributed by atoms with E-state index in [9.17, 15) is 0 Å². The molecule has 1 aliphatic rings. The predicted molar refractivity (Wildman–Crippen MR) is 178 cm³/mol. The van der Waals surface area contributed by atoms with Crippen LogP contribution in [0.5, 0.6) is 0 Å². The normalized spacial score (nSPS) is 15.0. The van der Waals surface area contributed by atoms with Gasteiger partial charge in [0.2, 0.25) is 0 Å². The van der Waals surface area contributed by atoms with Crippen molar-refractivity contribution < 1.29 is 8.83 Å². The Morgan fingerprint density at radius 3 is 2.02 bits per heavy atom. The quantitative estimate of drug-likeness (QED) is 0.230. The SMILES string of the molecule is c1ccc(C2=NC(c3ccc4c(c3)oc3ccccc34)N=C(c3cccc4c3oc3ccc(-c5ccccc5)cc34)N2)cc1. The molecule has 44 heavy (non-hydrogen) atoms. The Morgan fingerprint density at radius 1 is 0.455 bits per heavy atom. The molecule has 8 aromatic rings. The van der Waals surface area contributed by atoms with Gasteiger partial charge in [0.05, 0.1) is 5.56 Å². The molecule has 0 aliphatic carbocycles. The van der Waals surface area contributed by atoms with Crippen molar-refractivity contribution >= 4 is 55.5 Å². The number of rotatable bonds is 4. The number of hydrogen-bond donors (Lipinski definition) is 1. The Kier molecular flexibility index (Phi) is 5.50. The Hall–Kier alpha value is -5.94. The van der Waals surface area contributed by atoms with E-state index in [1.54, 1.807) is 0 Å². The highest BCUT2D eigenvalue weighted by Crippen LogP contribution is 2.36. The molecule has 0 saturated heterocycles. The van der Waals surface area contributed by atoms with Gasteiger partial charge < -0.3 is 14.2 Å². The zero-order valence-electron chi connectivity index (χ0n) is 23.6. The fraction of sp³-hybridized carbons (Fsp3) is 0.0256. The van der Waals surface area contributed by atoms with Gasteiger partial charge in [-0.25, -0.2) is 9.98 Å². The summed E-state index contributed by atoms with van der Waals surface area (Å²) < 4.78 is 12.7. The van der Waals surface area contributed by atoms with E-state index in [-0.39, 0.29) is 0 Å². The monoisotopic (exact) mass is 567 g/mol. The molecular formula is C39H25N3O2. The summed E-state index contributed by atoms with van der Waals surface area (Å²) in [6.45, 7) is 0. The van der Waals surface area contributed by atoms with E-state index < -0.39 is 6.17 Å². The molecule has 0 fully saturated rings. The van der Waals surface area contributed by atoms with Crippen molar-refractivity contribution in [3.63, 3.8) is 0 Å². The first kappa shape index (κ1) is 24.6. The van der Waals surface area contributed by atoms with Crippen LogP contribution in [0.1, 0.15) is 22.9 Å². The first-order valence-corrected chi connectivity index (χ1v) is 14.7. The summed E-state index contributed by atoms with van der Waals surface area (Å²) in [7, 11) is 0. The average Bonchev–Trinajstić information content (AvgIpc) is 3.66. The molecular weight excluding hydrogens is 542 g/mol. The van der Waals surface area contributed by atoms with Crippen molar-refractivity contribution in [2.24, 2.45) is 9.98 Å². The molecule has 2 aromatic heterocycles. The van der Waals surface area contributed by atoms with E-state index in [2.05, 4.69) is 102 Å². The van der Waals surface area contributed by atoms with Crippen LogP contribution in [0.3, 0.4) is 0 Å². The number of benzene rings is 6. The van der Waals surface area contributed by atoms with E-state index in [0.29, 0.717) is 5.84 Å². The average molecular weight is 568 g/mol. The van der Waals surface area contributed by atoms with Gasteiger partial charge in [-0.2, -0.15) is 0 Å². The third-order valence-electron chi connectivity index (χ3n) is 8.35. The molecule has 6 aromatic carbocycles. The molecule has 1 unspecified atom stereocenters. The van der Waals surface area contributed by atoms with Gasteiger partial charge in [0.1, 0.15) is 34.0 Å². The summed E-state index contributed by atoms with van der Waals surface area (Å²) in [6, 6.07) is 47.6. The van der Waals surface area contributed by atoms with Crippen molar-refractivity contribution in [2.75, 3.05) is 0 Å². The maximum atomic E-state index is 6.53. The zero-order chi connectivity index (χ0) is 29.0. The summed E-state index contributed by atoms with van der Waals surface area (Å²) >= 11 is 0. The highest BCUT2D eigenvalue weighted by atomic mass is 16.3. The summed E-state index contributed by atoms with van der Waals surface area (Å²) in [5.74, 6) is 1.46. The van der Waals surface area contributed by atoms with Gasteiger partial charge in [-0.1, -0.05) is 109 Å². The van der Waals surface area contributed by atoms with Gasteiger partial charge in [0.25, 0.3) is 0 Å². The highest BCUT2D eigenvalue weighted by Gasteiger charge is 2.24. The first-order chi connectivity index (χ1) is 21.8. The molecule has 1 N–H and O–H groups in total. The Balaban J connectivity index is 1.20. The fourth-order valence-electron chi connectivity index (χ4n) is 6.18. The van der Waals surface area contributed by atoms with Crippen LogP contribution in [0.2, 0.25) is 0 Å². The lowest BCUT2D eigenvalue weighted by Gasteiger charge is -2.22. The van der Waals surface area contributed by atoms with E-state index in [4.69, 9.17) is 18.8 Å². The first-order valence-electron chi connectivity index (χ1n) is 14.7. The number of hydrogen-bond acceptors (Lipinski definition) is 5. The number of nitrogens with zero attached hydrogens (tertiary/aromatic N) is 2. The van der Waals surface area contributed by atoms with Crippen molar-refractivity contribution in [2.45, 2.75) is 6.17 Å². The Labute approximate surface area is 252 Å². The van der Waals surface area contributed by atoms with Crippen LogP contribution in [0.4, 0.5) is 0 Å². The smallest absolute Gasteiger partial charge is 0.169 e. The lowest BCUT2D eigenvalue weighted by molar-refractivity contribution is 0.664. The molecule has 5 heteroatoms. The van der Waals surface area contributed by atoms with Crippen LogP contribution in [-0.4, -0.2) is 11.7 Å². The molecule has 0 bridgehead atoms. The standard InChI is InChI=1S/C39H25N3O2/c1-3-10-24(11-4-1)26-19-21-34-32(22-26)30-15-9-16-31(36(30)44-34)39-41-37(25-12-5-2-6-13-25)40-38(42-39)27-18-20-29-28-14-7-8-17-33(28)43-35(29)23-27/h1-23,38H,(H,40,41,42). The maximum absolute atomic E-state index is 6.53. The lowest BCUT2D eigenvalue weighted by Crippen LogP contribution is -2.36.